The first-order chi connectivity index (χ1) is 14.4. The lowest BCUT2D eigenvalue weighted by Gasteiger charge is -2.13. The van der Waals surface area contributed by atoms with E-state index >= 15 is 0 Å². The topological polar surface area (TPSA) is 93.4 Å². The molecule has 9 heteroatoms. The van der Waals surface area contributed by atoms with E-state index in [-0.39, 0.29) is 24.4 Å². The van der Waals surface area contributed by atoms with E-state index in [9.17, 15) is 19.1 Å². The smallest absolute Gasteiger partial charge is 0.284 e. The second kappa shape index (κ2) is 9.62. The SMILES string of the molecule is COCC(O)CNC(=O)c1cc(-c2ccc(Cl)cc2)nn(-c2cccc(F)c2)c1=O. The van der Waals surface area contributed by atoms with Crippen LogP contribution in [0.25, 0.3) is 16.9 Å². The van der Waals surface area contributed by atoms with Crippen LogP contribution in [0, 0.1) is 5.82 Å². The van der Waals surface area contributed by atoms with E-state index in [1.54, 1.807) is 24.3 Å². The van der Waals surface area contributed by atoms with Crippen molar-refractivity contribution in [2.75, 3.05) is 20.3 Å². The summed E-state index contributed by atoms with van der Waals surface area (Å²) in [7, 11) is 1.42. The first-order valence-corrected chi connectivity index (χ1v) is 9.38. The summed E-state index contributed by atoms with van der Waals surface area (Å²) in [5.74, 6) is -1.25. The van der Waals surface area contributed by atoms with Crippen LogP contribution in [0.2, 0.25) is 5.02 Å². The second-order valence-corrected chi connectivity index (χ2v) is 6.90. The summed E-state index contributed by atoms with van der Waals surface area (Å²) in [6.45, 7) is -0.0785. The lowest BCUT2D eigenvalue weighted by molar-refractivity contribution is 0.0609. The molecule has 2 aromatic carbocycles. The van der Waals surface area contributed by atoms with Gasteiger partial charge in [0.05, 0.1) is 24.1 Å². The molecule has 0 spiro atoms. The summed E-state index contributed by atoms with van der Waals surface area (Å²) in [5.41, 5.74) is 0.168. The molecule has 0 aliphatic carbocycles. The molecule has 7 nitrogen and oxygen atoms in total. The van der Waals surface area contributed by atoms with Crippen LogP contribution in [0.5, 0.6) is 0 Å². The van der Waals surface area contributed by atoms with Crippen molar-refractivity contribution in [3.63, 3.8) is 0 Å². The summed E-state index contributed by atoms with van der Waals surface area (Å²) in [4.78, 5) is 25.6. The zero-order chi connectivity index (χ0) is 21.7. The van der Waals surface area contributed by atoms with Crippen molar-refractivity contribution in [3.8, 4) is 16.9 Å². The monoisotopic (exact) mass is 431 g/mol. The van der Waals surface area contributed by atoms with Gasteiger partial charge < -0.3 is 15.2 Å². The molecule has 156 valence electrons. The minimum Gasteiger partial charge on any atom is -0.389 e. The molecule has 2 N–H and O–H groups in total. The van der Waals surface area contributed by atoms with E-state index in [2.05, 4.69) is 10.4 Å². The molecule has 0 saturated heterocycles. The summed E-state index contributed by atoms with van der Waals surface area (Å²) >= 11 is 5.93. The zero-order valence-corrected chi connectivity index (χ0v) is 16.8. The van der Waals surface area contributed by atoms with E-state index in [1.807, 2.05) is 0 Å². The van der Waals surface area contributed by atoms with Crippen molar-refractivity contribution < 1.29 is 19.0 Å². The number of aliphatic hydroxyl groups excluding tert-OH is 1. The average molecular weight is 432 g/mol. The highest BCUT2D eigenvalue weighted by Gasteiger charge is 2.18. The Hall–Kier alpha value is -3.07. The quantitative estimate of drug-likeness (QED) is 0.599. The first kappa shape index (κ1) is 21.6. The fourth-order valence-corrected chi connectivity index (χ4v) is 2.88. The van der Waals surface area contributed by atoms with Crippen LogP contribution in [0.3, 0.4) is 0 Å². The van der Waals surface area contributed by atoms with Crippen LogP contribution in [0.1, 0.15) is 10.4 Å². The molecule has 1 unspecified atom stereocenters. The number of ether oxygens (including phenoxy) is 1. The number of nitrogens with zero attached hydrogens (tertiary/aromatic N) is 2. The van der Waals surface area contributed by atoms with Gasteiger partial charge in [0.25, 0.3) is 11.5 Å². The fraction of sp³-hybridized carbons (Fsp3) is 0.190. The number of rotatable bonds is 7. The molecule has 0 fully saturated rings. The molecule has 30 heavy (non-hydrogen) atoms. The summed E-state index contributed by atoms with van der Waals surface area (Å²) in [6.07, 6.45) is -0.929. The molecule has 1 aromatic heterocycles. The number of hydrogen-bond donors (Lipinski definition) is 2. The molecular formula is C21H19ClFN3O4. The van der Waals surface area contributed by atoms with Crippen molar-refractivity contribution in [1.29, 1.82) is 0 Å². The number of hydrogen-bond acceptors (Lipinski definition) is 5. The van der Waals surface area contributed by atoms with E-state index in [4.69, 9.17) is 16.3 Å². The predicted octanol–water partition coefficient (Wildman–Crippen LogP) is 2.43. The van der Waals surface area contributed by atoms with Crippen LogP contribution >= 0.6 is 11.6 Å². The molecule has 0 saturated carbocycles. The molecule has 3 rings (SSSR count). The van der Waals surface area contributed by atoms with Crippen molar-refractivity contribution in [1.82, 2.24) is 15.1 Å². The number of benzene rings is 2. The number of carbonyl (C=O) groups excluding carboxylic acids is 1. The van der Waals surface area contributed by atoms with Gasteiger partial charge in [-0.15, -0.1) is 0 Å². The Morgan fingerprint density at radius 3 is 2.67 bits per heavy atom. The van der Waals surface area contributed by atoms with E-state index in [0.29, 0.717) is 16.3 Å². The third kappa shape index (κ3) is 5.10. The summed E-state index contributed by atoms with van der Waals surface area (Å²) < 4.78 is 19.5. The highest BCUT2D eigenvalue weighted by Crippen LogP contribution is 2.20. The number of aromatic nitrogens is 2. The average Bonchev–Trinajstić information content (AvgIpc) is 2.73. The van der Waals surface area contributed by atoms with E-state index in [1.165, 1.54) is 31.4 Å². The third-order valence-electron chi connectivity index (χ3n) is 4.21. The van der Waals surface area contributed by atoms with Crippen molar-refractivity contribution in [2.24, 2.45) is 0 Å². The van der Waals surface area contributed by atoms with Gasteiger partial charge in [-0.3, -0.25) is 9.59 Å². The fourth-order valence-electron chi connectivity index (χ4n) is 2.76. The Bertz CT molecular complexity index is 1100. The third-order valence-corrected chi connectivity index (χ3v) is 4.46. The van der Waals surface area contributed by atoms with Crippen LogP contribution in [0.4, 0.5) is 4.39 Å². The Balaban J connectivity index is 2.07. The maximum atomic E-state index is 13.7. The van der Waals surface area contributed by atoms with Crippen molar-refractivity contribution >= 4 is 17.5 Å². The van der Waals surface area contributed by atoms with E-state index < -0.39 is 23.4 Å². The van der Waals surface area contributed by atoms with Gasteiger partial charge in [0.2, 0.25) is 0 Å². The van der Waals surface area contributed by atoms with Gasteiger partial charge in [-0.2, -0.15) is 9.78 Å². The number of amides is 1. The zero-order valence-electron chi connectivity index (χ0n) is 16.0. The number of carbonyl (C=O) groups is 1. The molecule has 0 bridgehead atoms. The predicted molar refractivity (Wildman–Crippen MR) is 110 cm³/mol. The minimum absolute atomic E-state index is 0.0280. The molecule has 0 radical (unpaired) electrons. The molecular weight excluding hydrogens is 413 g/mol. The lowest BCUT2D eigenvalue weighted by atomic mass is 10.1. The molecule has 0 aliphatic rings. The maximum absolute atomic E-state index is 13.7. The number of nitrogens with one attached hydrogen (secondary N) is 1. The van der Waals surface area contributed by atoms with Crippen molar-refractivity contribution in [3.05, 3.63) is 81.4 Å². The Kier molecular flexibility index (Phi) is 6.94. The van der Waals surface area contributed by atoms with Gasteiger partial charge in [-0.25, -0.2) is 4.39 Å². The second-order valence-electron chi connectivity index (χ2n) is 6.47. The van der Waals surface area contributed by atoms with Crippen LogP contribution in [-0.4, -0.2) is 47.2 Å². The molecule has 1 amide bonds. The van der Waals surface area contributed by atoms with Gasteiger partial charge in [0, 0.05) is 24.2 Å². The Labute approximate surface area is 176 Å². The van der Waals surface area contributed by atoms with Gasteiger partial charge in [0.15, 0.2) is 0 Å². The van der Waals surface area contributed by atoms with Crippen LogP contribution in [0.15, 0.2) is 59.4 Å². The highest BCUT2D eigenvalue weighted by molar-refractivity contribution is 6.30. The molecule has 1 heterocycles. The first-order valence-electron chi connectivity index (χ1n) is 9.00. The highest BCUT2D eigenvalue weighted by atomic mass is 35.5. The molecule has 1 atom stereocenters. The standard InChI is InChI=1S/C21H19ClFN3O4/c1-30-12-17(27)11-24-20(28)18-10-19(13-5-7-14(22)8-6-13)25-26(21(18)29)16-4-2-3-15(23)9-16/h2-10,17,27H,11-12H2,1H3,(H,24,28). The molecule has 0 aliphatic heterocycles. The maximum Gasteiger partial charge on any atom is 0.284 e. The Morgan fingerprint density at radius 2 is 2.00 bits per heavy atom. The van der Waals surface area contributed by atoms with Crippen LogP contribution < -0.4 is 10.9 Å². The number of methoxy groups -OCH3 is 1. The largest absolute Gasteiger partial charge is 0.389 e. The summed E-state index contributed by atoms with van der Waals surface area (Å²) in [5, 5.41) is 17.1. The number of aliphatic hydroxyl groups is 1. The van der Waals surface area contributed by atoms with Crippen molar-refractivity contribution in [2.45, 2.75) is 6.10 Å². The minimum atomic E-state index is -0.929. The van der Waals surface area contributed by atoms with E-state index in [0.717, 1.165) is 10.7 Å². The molecule has 3 aromatic rings. The Morgan fingerprint density at radius 1 is 1.27 bits per heavy atom. The van der Waals surface area contributed by atoms with Gasteiger partial charge in [-0.1, -0.05) is 29.8 Å². The summed E-state index contributed by atoms with van der Waals surface area (Å²) in [6, 6.07) is 13.4. The lowest BCUT2D eigenvalue weighted by Crippen LogP contribution is -2.38. The van der Waals surface area contributed by atoms with Gasteiger partial charge >= 0.3 is 0 Å². The number of halogens is 2. The normalized spacial score (nSPS) is 11.9. The van der Waals surface area contributed by atoms with Crippen LogP contribution in [-0.2, 0) is 4.74 Å². The van der Waals surface area contributed by atoms with Gasteiger partial charge in [0.1, 0.15) is 11.4 Å². The van der Waals surface area contributed by atoms with Gasteiger partial charge in [-0.05, 0) is 36.4 Å².